The first-order chi connectivity index (χ1) is 17.7. The summed E-state index contributed by atoms with van der Waals surface area (Å²) in [6.07, 6.45) is 2.07. The number of pyridine rings is 1. The van der Waals surface area contributed by atoms with Gasteiger partial charge in [-0.25, -0.2) is 4.68 Å². The van der Waals surface area contributed by atoms with Crippen molar-refractivity contribution in [1.82, 2.24) is 30.1 Å². The zero-order valence-electron chi connectivity index (χ0n) is 21.7. The Morgan fingerprint density at radius 3 is 2.68 bits per heavy atom. The third kappa shape index (κ3) is 5.61. The van der Waals surface area contributed by atoms with Gasteiger partial charge in [-0.2, -0.15) is 0 Å². The smallest absolute Gasteiger partial charge is 0.253 e. The van der Waals surface area contributed by atoms with Crippen LogP contribution in [0.2, 0.25) is 5.02 Å². The van der Waals surface area contributed by atoms with Crippen LogP contribution in [0.1, 0.15) is 62.2 Å². The molecule has 1 aliphatic heterocycles. The minimum Gasteiger partial charge on any atom is -0.377 e. The van der Waals surface area contributed by atoms with Crippen LogP contribution in [0.4, 0.5) is 0 Å². The van der Waals surface area contributed by atoms with E-state index in [2.05, 4.69) is 52.2 Å². The molecule has 2 aromatic heterocycles. The van der Waals surface area contributed by atoms with Crippen LogP contribution in [0.3, 0.4) is 0 Å². The molecule has 3 heterocycles. The lowest BCUT2D eigenvalue weighted by molar-refractivity contribution is 0.0564. The molecule has 0 spiro atoms. The second-order valence-corrected chi connectivity index (χ2v) is 11.3. The van der Waals surface area contributed by atoms with Crippen molar-refractivity contribution in [3.63, 3.8) is 0 Å². The van der Waals surface area contributed by atoms with Crippen molar-refractivity contribution in [2.45, 2.75) is 64.8 Å². The number of hydrogen-bond acceptors (Lipinski definition) is 6. The second-order valence-electron chi connectivity index (χ2n) is 10.9. The maximum absolute atomic E-state index is 13.7. The van der Waals surface area contributed by atoms with E-state index < -0.39 is 6.04 Å². The number of rotatable bonds is 7. The van der Waals surface area contributed by atoms with Crippen LogP contribution < -0.4 is 5.56 Å². The van der Waals surface area contributed by atoms with E-state index in [0.717, 1.165) is 41.5 Å². The van der Waals surface area contributed by atoms with E-state index in [9.17, 15) is 4.79 Å². The molecule has 4 aromatic rings. The monoisotopic (exact) mass is 520 g/mol. The Balaban J connectivity index is 1.69. The first kappa shape index (κ1) is 25.6. The highest BCUT2D eigenvalue weighted by Gasteiger charge is 2.35. The molecular formula is C28H33ClN6O2. The molecule has 0 unspecified atom stereocenters. The maximum Gasteiger partial charge on any atom is 0.253 e. The number of H-pyrrole nitrogens is 1. The third-order valence-electron chi connectivity index (χ3n) is 6.82. The van der Waals surface area contributed by atoms with Crippen LogP contribution in [-0.2, 0) is 16.8 Å². The van der Waals surface area contributed by atoms with Gasteiger partial charge in [-0.05, 0) is 91.7 Å². The van der Waals surface area contributed by atoms with E-state index >= 15 is 0 Å². The van der Waals surface area contributed by atoms with Gasteiger partial charge < -0.3 is 9.72 Å². The van der Waals surface area contributed by atoms with Gasteiger partial charge in [-0.3, -0.25) is 9.69 Å². The fourth-order valence-electron chi connectivity index (χ4n) is 5.01. The van der Waals surface area contributed by atoms with Crippen LogP contribution in [0, 0.1) is 6.92 Å². The lowest BCUT2D eigenvalue weighted by Gasteiger charge is -2.34. The van der Waals surface area contributed by atoms with Crippen molar-refractivity contribution < 1.29 is 4.74 Å². The highest BCUT2D eigenvalue weighted by molar-refractivity contribution is 6.30. The molecule has 194 valence electrons. The molecule has 0 saturated carbocycles. The standard InChI is InChI=1S/C28H33ClN6O2/c1-18-7-10-20-15-23(27(36)30-24(20)14-18)25(26-31-32-33-35(26)28(2,3)4)34(17-22-6-5-13-37-22)16-19-8-11-21(29)12-9-19/h7-12,14-15,22,25H,5-6,13,16-17H2,1-4H3,(H,30,36)/t22-,25+/m0/s1. The first-order valence-corrected chi connectivity index (χ1v) is 13.1. The molecule has 1 N–H and O–H groups in total. The lowest BCUT2D eigenvalue weighted by atomic mass is 10.00. The number of aromatic amines is 1. The summed E-state index contributed by atoms with van der Waals surface area (Å²) in [6, 6.07) is 15.4. The third-order valence-corrected chi connectivity index (χ3v) is 7.08. The van der Waals surface area contributed by atoms with Gasteiger partial charge in [-0.15, -0.1) is 5.10 Å². The summed E-state index contributed by atoms with van der Waals surface area (Å²) < 4.78 is 7.87. The van der Waals surface area contributed by atoms with E-state index in [1.54, 1.807) is 0 Å². The number of halogens is 1. The predicted molar refractivity (Wildman–Crippen MR) is 145 cm³/mol. The van der Waals surface area contributed by atoms with Crippen molar-refractivity contribution in [3.8, 4) is 0 Å². The number of aryl methyl sites for hydroxylation is 1. The molecule has 9 heteroatoms. The van der Waals surface area contributed by atoms with Gasteiger partial charge in [0.15, 0.2) is 5.82 Å². The summed E-state index contributed by atoms with van der Waals surface area (Å²) in [5.41, 5.74) is 3.05. The Kier molecular flexibility index (Phi) is 7.16. The zero-order valence-corrected chi connectivity index (χ0v) is 22.5. The van der Waals surface area contributed by atoms with E-state index in [-0.39, 0.29) is 17.2 Å². The zero-order chi connectivity index (χ0) is 26.2. The molecule has 1 aliphatic rings. The molecule has 37 heavy (non-hydrogen) atoms. The summed E-state index contributed by atoms with van der Waals surface area (Å²) in [6.45, 7) is 10.1. The predicted octanol–water partition coefficient (Wildman–Crippen LogP) is 5.00. The topological polar surface area (TPSA) is 88.9 Å². The lowest BCUT2D eigenvalue weighted by Crippen LogP contribution is -2.40. The first-order valence-electron chi connectivity index (χ1n) is 12.7. The van der Waals surface area contributed by atoms with Crippen LogP contribution in [0.15, 0.2) is 53.3 Å². The molecule has 0 bridgehead atoms. The quantitative estimate of drug-likeness (QED) is 0.369. The number of fused-ring (bicyclic) bond motifs is 1. The van der Waals surface area contributed by atoms with Crippen LogP contribution in [-0.4, -0.2) is 49.3 Å². The van der Waals surface area contributed by atoms with Crippen LogP contribution in [0.5, 0.6) is 0 Å². The normalized spacial score (nSPS) is 17.1. The largest absolute Gasteiger partial charge is 0.377 e. The summed E-state index contributed by atoms with van der Waals surface area (Å²) in [5.74, 6) is 0.622. The van der Waals surface area contributed by atoms with Gasteiger partial charge in [0.1, 0.15) is 6.04 Å². The van der Waals surface area contributed by atoms with Gasteiger partial charge in [0, 0.05) is 35.8 Å². The molecule has 1 saturated heterocycles. The molecule has 2 atom stereocenters. The Hall–Kier alpha value is -3.07. The summed E-state index contributed by atoms with van der Waals surface area (Å²) >= 11 is 6.17. The van der Waals surface area contributed by atoms with Crippen molar-refractivity contribution in [3.05, 3.63) is 86.4 Å². The highest BCUT2D eigenvalue weighted by Crippen LogP contribution is 2.32. The van der Waals surface area contributed by atoms with Gasteiger partial charge in [-0.1, -0.05) is 35.9 Å². The summed E-state index contributed by atoms with van der Waals surface area (Å²) in [5, 5.41) is 14.5. The molecule has 1 fully saturated rings. The molecular weight excluding hydrogens is 488 g/mol. The molecule has 0 radical (unpaired) electrons. The molecule has 5 rings (SSSR count). The molecule has 8 nitrogen and oxygen atoms in total. The maximum atomic E-state index is 13.7. The number of nitrogens with one attached hydrogen (secondary N) is 1. The van der Waals surface area contributed by atoms with E-state index in [0.29, 0.717) is 29.5 Å². The average Bonchev–Trinajstić information content (AvgIpc) is 3.53. The Morgan fingerprint density at radius 1 is 1.19 bits per heavy atom. The van der Waals surface area contributed by atoms with Crippen molar-refractivity contribution in [2.24, 2.45) is 0 Å². The van der Waals surface area contributed by atoms with Gasteiger partial charge in [0.05, 0.1) is 11.6 Å². The van der Waals surface area contributed by atoms with E-state index in [1.807, 2.05) is 54.1 Å². The van der Waals surface area contributed by atoms with Crippen molar-refractivity contribution in [2.75, 3.05) is 13.2 Å². The van der Waals surface area contributed by atoms with E-state index in [4.69, 9.17) is 16.3 Å². The molecule has 2 aromatic carbocycles. The van der Waals surface area contributed by atoms with Crippen molar-refractivity contribution in [1.29, 1.82) is 0 Å². The fraction of sp³-hybridized carbons (Fsp3) is 0.429. The van der Waals surface area contributed by atoms with Gasteiger partial charge in [0.2, 0.25) is 0 Å². The number of aromatic nitrogens is 5. The Labute approximate surface area is 221 Å². The number of hydrogen-bond donors (Lipinski definition) is 1. The molecule has 0 amide bonds. The Morgan fingerprint density at radius 2 is 1.97 bits per heavy atom. The number of nitrogens with zero attached hydrogens (tertiary/aromatic N) is 5. The van der Waals surface area contributed by atoms with Crippen LogP contribution in [0.25, 0.3) is 10.9 Å². The average molecular weight is 521 g/mol. The minimum absolute atomic E-state index is 0.0657. The number of tetrazole rings is 1. The van der Waals surface area contributed by atoms with Crippen molar-refractivity contribution >= 4 is 22.5 Å². The fourth-order valence-corrected chi connectivity index (χ4v) is 5.14. The molecule has 0 aliphatic carbocycles. The summed E-state index contributed by atoms with van der Waals surface area (Å²) in [7, 11) is 0. The second kappa shape index (κ2) is 10.4. The Bertz CT molecular complexity index is 1430. The van der Waals surface area contributed by atoms with E-state index in [1.165, 1.54) is 0 Å². The number of ether oxygens (including phenoxy) is 1. The minimum atomic E-state index is -0.497. The highest BCUT2D eigenvalue weighted by atomic mass is 35.5. The van der Waals surface area contributed by atoms with Crippen LogP contribution >= 0.6 is 11.6 Å². The van der Waals surface area contributed by atoms with Gasteiger partial charge >= 0.3 is 0 Å². The SMILES string of the molecule is Cc1ccc2cc([C@H](c3nnnn3C(C)(C)C)N(Cc3ccc(Cl)cc3)C[C@@H]3CCCO3)c(=O)[nH]c2c1. The summed E-state index contributed by atoms with van der Waals surface area (Å²) in [4.78, 5) is 19.0. The number of benzene rings is 2. The van der Waals surface area contributed by atoms with Gasteiger partial charge in [0.25, 0.3) is 5.56 Å².